The van der Waals surface area contributed by atoms with Crippen LogP contribution in [-0.2, 0) is 4.74 Å². The number of hydrogen-bond donors (Lipinski definition) is 0. The van der Waals surface area contributed by atoms with Crippen LogP contribution in [0, 0.1) is 0 Å². The van der Waals surface area contributed by atoms with Crippen molar-refractivity contribution in [1.82, 2.24) is 0 Å². The number of carbonyl (C=O) groups excluding carboxylic acids is 1. The van der Waals surface area contributed by atoms with Crippen LogP contribution in [0.2, 0.25) is 0 Å². The molecule has 0 saturated carbocycles. The number of amidine groups is 1. The molecule has 1 saturated heterocycles. The Hall–Kier alpha value is -2.62. The summed E-state index contributed by atoms with van der Waals surface area (Å²) in [5, 5.41) is 0. The SMILES string of the molecule is COC(=O)c1ccccc1N=C1CCCN1c1ccccc1. The van der Waals surface area contributed by atoms with Gasteiger partial charge in [-0.05, 0) is 30.7 Å². The van der Waals surface area contributed by atoms with E-state index in [4.69, 9.17) is 9.73 Å². The first-order valence-corrected chi connectivity index (χ1v) is 7.37. The van der Waals surface area contributed by atoms with E-state index in [2.05, 4.69) is 17.0 Å². The van der Waals surface area contributed by atoms with Crippen molar-refractivity contribution in [3.05, 3.63) is 60.2 Å². The highest BCUT2D eigenvalue weighted by Crippen LogP contribution is 2.26. The summed E-state index contributed by atoms with van der Waals surface area (Å²) in [6, 6.07) is 17.5. The molecular formula is C18H18N2O2. The monoisotopic (exact) mass is 294 g/mol. The molecule has 0 spiro atoms. The van der Waals surface area contributed by atoms with Crippen molar-refractivity contribution >= 4 is 23.2 Å². The largest absolute Gasteiger partial charge is 0.465 e. The van der Waals surface area contributed by atoms with Gasteiger partial charge in [0.25, 0.3) is 0 Å². The molecule has 0 unspecified atom stereocenters. The summed E-state index contributed by atoms with van der Waals surface area (Å²) in [5.74, 6) is 0.631. The van der Waals surface area contributed by atoms with Crippen molar-refractivity contribution < 1.29 is 9.53 Å². The van der Waals surface area contributed by atoms with Crippen molar-refractivity contribution in [1.29, 1.82) is 0 Å². The van der Waals surface area contributed by atoms with E-state index in [1.165, 1.54) is 7.11 Å². The van der Waals surface area contributed by atoms with Crippen LogP contribution in [-0.4, -0.2) is 25.5 Å². The third-order valence-electron chi connectivity index (χ3n) is 3.72. The van der Waals surface area contributed by atoms with Crippen molar-refractivity contribution in [3.8, 4) is 0 Å². The quantitative estimate of drug-likeness (QED) is 0.808. The van der Waals surface area contributed by atoms with Gasteiger partial charge in [-0.25, -0.2) is 9.79 Å². The fourth-order valence-electron chi connectivity index (χ4n) is 2.65. The molecule has 4 nitrogen and oxygen atoms in total. The van der Waals surface area contributed by atoms with Gasteiger partial charge >= 0.3 is 5.97 Å². The summed E-state index contributed by atoms with van der Waals surface area (Å²) in [6.45, 7) is 0.948. The van der Waals surface area contributed by atoms with Gasteiger partial charge in [-0.1, -0.05) is 30.3 Å². The van der Waals surface area contributed by atoms with Crippen molar-refractivity contribution in [2.75, 3.05) is 18.6 Å². The molecule has 1 aliphatic heterocycles. The summed E-state index contributed by atoms with van der Waals surface area (Å²) in [6.07, 6.45) is 1.97. The predicted molar refractivity (Wildman–Crippen MR) is 87.9 cm³/mol. The number of esters is 1. The van der Waals surface area contributed by atoms with Crippen molar-refractivity contribution in [2.24, 2.45) is 4.99 Å². The summed E-state index contributed by atoms with van der Waals surface area (Å²) in [7, 11) is 1.39. The molecule has 1 heterocycles. The molecule has 1 aliphatic rings. The van der Waals surface area contributed by atoms with Gasteiger partial charge in [0, 0.05) is 18.7 Å². The average Bonchev–Trinajstić information content (AvgIpc) is 3.03. The minimum absolute atomic E-state index is 0.357. The molecule has 4 heteroatoms. The number of anilines is 1. The Morgan fingerprint density at radius 1 is 1.09 bits per heavy atom. The maximum absolute atomic E-state index is 11.9. The summed E-state index contributed by atoms with van der Waals surface area (Å²) in [4.78, 5) is 18.8. The first kappa shape index (κ1) is 14.3. The Morgan fingerprint density at radius 2 is 1.82 bits per heavy atom. The van der Waals surface area contributed by atoms with Crippen LogP contribution in [0.5, 0.6) is 0 Å². The van der Waals surface area contributed by atoms with E-state index in [1.54, 1.807) is 6.07 Å². The first-order valence-electron chi connectivity index (χ1n) is 7.37. The molecule has 0 aromatic heterocycles. The van der Waals surface area contributed by atoms with Gasteiger partial charge in [-0.3, -0.25) is 0 Å². The topological polar surface area (TPSA) is 41.9 Å². The first-order chi connectivity index (χ1) is 10.8. The Bertz CT molecular complexity index is 695. The number of carbonyl (C=O) groups is 1. The minimum Gasteiger partial charge on any atom is -0.465 e. The molecule has 0 bridgehead atoms. The van der Waals surface area contributed by atoms with Crippen LogP contribution in [0.1, 0.15) is 23.2 Å². The van der Waals surface area contributed by atoms with E-state index in [1.807, 2.05) is 36.4 Å². The molecule has 112 valence electrons. The third kappa shape index (κ3) is 2.86. The van der Waals surface area contributed by atoms with Gasteiger partial charge in [0.1, 0.15) is 5.84 Å². The van der Waals surface area contributed by atoms with Crippen LogP contribution >= 0.6 is 0 Å². The second-order valence-corrected chi connectivity index (χ2v) is 5.13. The molecule has 2 aromatic rings. The lowest BCUT2D eigenvalue weighted by Crippen LogP contribution is -2.23. The normalized spacial score (nSPS) is 16.0. The maximum Gasteiger partial charge on any atom is 0.340 e. The Morgan fingerprint density at radius 3 is 2.59 bits per heavy atom. The van der Waals surface area contributed by atoms with E-state index in [0.29, 0.717) is 11.3 Å². The lowest BCUT2D eigenvalue weighted by atomic mass is 10.2. The third-order valence-corrected chi connectivity index (χ3v) is 3.72. The number of ether oxygens (including phenoxy) is 1. The van der Waals surface area contributed by atoms with Crippen LogP contribution in [0.4, 0.5) is 11.4 Å². The van der Waals surface area contributed by atoms with Gasteiger partial charge in [0.05, 0.1) is 18.4 Å². The van der Waals surface area contributed by atoms with Crippen LogP contribution in [0.15, 0.2) is 59.6 Å². The van der Waals surface area contributed by atoms with Gasteiger partial charge < -0.3 is 9.64 Å². The molecular weight excluding hydrogens is 276 g/mol. The standard InChI is InChI=1S/C18H18N2O2/c1-22-18(21)15-10-5-6-11-16(15)19-17-12-7-13-20(17)14-8-3-2-4-9-14/h2-6,8-11H,7,12-13H2,1H3. The molecule has 0 amide bonds. The molecule has 3 rings (SSSR count). The summed E-state index contributed by atoms with van der Waals surface area (Å²) in [5.41, 5.74) is 2.29. The second kappa shape index (κ2) is 6.43. The lowest BCUT2D eigenvalue weighted by molar-refractivity contribution is 0.0601. The Kier molecular flexibility index (Phi) is 4.19. The van der Waals surface area contributed by atoms with Gasteiger partial charge in [0.15, 0.2) is 0 Å². The fraction of sp³-hybridized carbons (Fsp3) is 0.222. The van der Waals surface area contributed by atoms with Gasteiger partial charge in [-0.15, -0.1) is 0 Å². The van der Waals surface area contributed by atoms with Crippen LogP contribution in [0.25, 0.3) is 0 Å². The number of aliphatic imine (C=N–C) groups is 1. The minimum atomic E-state index is -0.357. The highest BCUT2D eigenvalue weighted by atomic mass is 16.5. The average molecular weight is 294 g/mol. The summed E-state index contributed by atoms with van der Waals surface area (Å²) < 4.78 is 4.83. The molecule has 0 N–H and O–H groups in total. The Labute approximate surface area is 130 Å². The highest BCUT2D eigenvalue weighted by molar-refractivity contribution is 6.03. The van der Waals surface area contributed by atoms with Gasteiger partial charge in [0.2, 0.25) is 0 Å². The molecule has 0 aliphatic carbocycles. The van der Waals surface area contributed by atoms with Crippen molar-refractivity contribution in [2.45, 2.75) is 12.8 Å². The number of methoxy groups -OCH3 is 1. The van der Waals surface area contributed by atoms with E-state index in [0.717, 1.165) is 30.9 Å². The highest BCUT2D eigenvalue weighted by Gasteiger charge is 2.21. The number of benzene rings is 2. The zero-order valence-electron chi connectivity index (χ0n) is 12.5. The zero-order chi connectivity index (χ0) is 15.4. The molecule has 0 atom stereocenters. The smallest absolute Gasteiger partial charge is 0.340 e. The lowest BCUT2D eigenvalue weighted by Gasteiger charge is -2.19. The number of para-hydroxylation sites is 2. The molecule has 0 radical (unpaired) electrons. The van der Waals surface area contributed by atoms with E-state index in [-0.39, 0.29) is 5.97 Å². The summed E-state index contributed by atoms with van der Waals surface area (Å²) >= 11 is 0. The number of nitrogens with zero attached hydrogens (tertiary/aromatic N) is 2. The Balaban J connectivity index is 1.96. The van der Waals surface area contributed by atoms with Gasteiger partial charge in [-0.2, -0.15) is 0 Å². The molecule has 2 aromatic carbocycles. The van der Waals surface area contributed by atoms with Crippen LogP contribution < -0.4 is 4.90 Å². The zero-order valence-corrected chi connectivity index (χ0v) is 12.5. The molecule has 1 fully saturated rings. The number of hydrogen-bond acceptors (Lipinski definition) is 3. The number of rotatable bonds is 3. The fourth-order valence-corrected chi connectivity index (χ4v) is 2.65. The van der Waals surface area contributed by atoms with Crippen LogP contribution in [0.3, 0.4) is 0 Å². The maximum atomic E-state index is 11.9. The van der Waals surface area contributed by atoms with E-state index in [9.17, 15) is 4.79 Å². The van der Waals surface area contributed by atoms with Crippen molar-refractivity contribution in [3.63, 3.8) is 0 Å². The van der Waals surface area contributed by atoms with E-state index < -0.39 is 0 Å². The van der Waals surface area contributed by atoms with E-state index >= 15 is 0 Å². The second-order valence-electron chi connectivity index (χ2n) is 5.13. The molecule has 22 heavy (non-hydrogen) atoms. The predicted octanol–water partition coefficient (Wildman–Crippen LogP) is 3.80.